The first-order valence-electron chi connectivity index (χ1n) is 8.06. The first-order valence-corrected chi connectivity index (χ1v) is 8.06. The van der Waals surface area contributed by atoms with Gasteiger partial charge in [-0.3, -0.25) is 14.3 Å². The molecule has 0 unspecified atom stereocenters. The third-order valence-corrected chi connectivity index (χ3v) is 4.54. The van der Waals surface area contributed by atoms with Crippen molar-refractivity contribution in [3.63, 3.8) is 0 Å². The summed E-state index contributed by atoms with van der Waals surface area (Å²) in [7, 11) is 1.34. The van der Waals surface area contributed by atoms with Gasteiger partial charge in [0, 0.05) is 32.6 Å². The molecule has 2 heterocycles. The molecule has 2 aromatic rings. The van der Waals surface area contributed by atoms with E-state index in [2.05, 4.69) is 4.98 Å². The van der Waals surface area contributed by atoms with Crippen LogP contribution in [0.5, 0.6) is 0 Å². The molecule has 1 aliphatic rings. The van der Waals surface area contributed by atoms with Crippen molar-refractivity contribution < 1.29 is 13.9 Å². The van der Waals surface area contributed by atoms with Crippen molar-refractivity contribution in [3.8, 4) is 0 Å². The molecule has 1 aliphatic heterocycles. The van der Waals surface area contributed by atoms with Crippen molar-refractivity contribution in [1.82, 2.24) is 9.55 Å². The summed E-state index contributed by atoms with van der Waals surface area (Å²) in [6.45, 7) is 0.951. The maximum atomic E-state index is 14.0. The van der Waals surface area contributed by atoms with Crippen LogP contribution in [0.3, 0.4) is 0 Å². The number of H-pyrrole nitrogens is 1. The van der Waals surface area contributed by atoms with E-state index < -0.39 is 29.0 Å². The number of piperidine rings is 1. The Bertz CT molecular complexity index is 899. The minimum absolute atomic E-state index is 0.0655. The standard InChI is InChI=1S/C17H19F2N3O3/c1-21-16(24)13(8-10-2-3-11(18)9-14(10)19)15(20-17(21)25)22-6-4-12(23)5-7-22/h2-3,9,12,23H,4-8H2,1H3,(H,20,25). The lowest BCUT2D eigenvalue weighted by molar-refractivity contribution is 0.145. The second kappa shape index (κ2) is 6.79. The maximum Gasteiger partial charge on any atom is 0.329 e. The van der Waals surface area contributed by atoms with Crippen molar-refractivity contribution in [2.75, 3.05) is 18.0 Å². The zero-order valence-electron chi connectivity index (χ0n) is 13.8. The van der Waals surface area contributed by atoms with Gasteiger partial charge in [0.15, 0.2) is 0 Å². The third-order valence-electron chi connectivity index (χ3n) is 4.54. The summed E-state index contributed by atoms with van der Waals surface area (Å²) >= 11 is 0. The average molecular weight is 351 g/mol. The summed E-state index contributed by atoms with van der Waals surface area (Å²) in [5, 5.41) is 9.64. The number of benzene rings is 1. The van der Waals surface area contributed by atoms with Crippen molar-refractivity contribution in [2.45, 2.75) is 25.4 Å². The molecule has 1 saturated heterocycles. The molecule has 3 rings (SSSR count). The van der Waals surface area contributed by atoms with E-state index in [0.29, 0.717) is 31.7 Å². The van der Waals surface area contributed by atoms with Gasteiger partial charge in [0.1, 0.15) is 17.5 Å². The van der Waals surface area contributed by atoms with Crippen LogP contribution < -0.4 is 16.1 Å². The van der Waals surface area contributed by atoms with E-state index in [1.807, 2.05) is 4.90 Å². The van der Waals surface area contributed by atoms with E-state index in [0.717, 1.165) is 16.7 Å². The Labute approximate surface area is 142 Å². The van der Waals surface area contributed by atoms with Crippen LogP contribution in [0, 0.1) is 11.6 Å². The average Bonchev–Trinajstić information content (AvgIpc) is 2.58. The van der Waals surface area contributed by atoms with Crippen LogP contribution in [-0.4, -0.2) is 33.9 Å². The molecule has 6 nitrogen and oxygen atoms in total. The SMILES string of the molecule is Cn1c(=O)[nH]c(N2CCC(O)CC2)c(Cc2ccc(F)cc2F)c1=O. The van der Waals surface area contributed by atoms with Crippen molar-refractivity contribution in [2.24, 2.45) is 7.05 Å². The molecule has 0 saturated carbocycles. The van der Waals surface area contributed by atoms with E-state index in [1.165, 1.54) is 13.1 Å². The number of aliphatic hydroxyl groups excluding tert-OH is 1. The fraction of sp³-hybridized carbons (Fsp3) is 0.412. The molecule has 25 heavy (non-hydrogen) atoms. The predicted octanol–water partition coefficient (Wildman–Crippen LogP) is 0.904. The molecular weight excluding hydrogens is 332 g/mol. The van der Waals surface area contributed by atoms with Gasteiger partial charge in [-0.2, -0.15) is 0 Å². The summed E-state index contributed by atoms with van der Waals surface area (Å²) in [6, 6.07) is 3.19. The Balaban J connectivity index is 2.06. The number of anilines is 1. The Morgan fingerprint density at radius 2 is 1.92 bits per heavy atom. The second-order valence-corrected chi connectivity index (χ2v) is 6.25. The summed E-state index contributed by atoms with van der Waals surface area (Å²) in [6.07, 6.45) is 0.556. The Kier molecular flexibility index (Phi) is 4.71. The number of aliphatic hydroxyl groups is 1. The molecular formula is C17H19F2N3O3. The quantitative estimate of drug-likeness (QED) is 0.861. The van der Waals surface area contributed by atoms with E-state index >= 15 is 0 Å². The van der Waals surface area contributed by atoms with Crippen molar-refractivity contribution in [3.05, 3.63) is 61.8 Å². The predicted molar refractivity (Wildman–Crippen MR) is 88.9 cm³/mol. The minimum atomic E-state index is -0.742. The van der Waals surface area contributed by atoms with E-state index in [9.17, 15) is 23.5 Å². The number of nitrogens with one attached hydrogen (secondary N) is 1. The fourth-order valence-electron chi connectivity index (χ4n) is 3.03. The summed E-state index contributed by atoms with van der Waals surface area (Å²) in [5.41, 5.74) is -0.670. The van der Waals surface area contributed by atoms with E-state index in [4.69, 9.17) is 0 Å². The van der Waals surface area contributed by atoms with Gasteiger partial charge in [0.25, 0.3) is 5.56 Å². The van der Waals surface area contributed by atoms with Crippen LogP contribution >= 0.6 is 0 Å². The third kappa shape index (κ3) is 3.48. The zero-order chi connectivity index (χ0) is 18.1. The first-order chi connectivity index (χ1) is 11.9. The van der Waals surface area contributed by atoms with Gasteiger partial charge in [-0.15, -0.1) is 0 Å². The molecule has 2 N–H and O–H groups in total. The summed E-state index contributed by atoms with van der Waals surface area (Å²) < 4.78 is 28.0. The Hall–Kier alpha value is -2.48. The van der Waals surface area contributed by atoms with Crippen molar-refractivity contribution in [1.29, 1.82) is 0 Å². The van der Waals surface area contributed by atoms with Gasteiger partial charge < -0.3 is 10.0 Å². The summed E-state index contributed by atoms with van der Waals surface area (Å²) in [4.78, 5) is 29.0. The van der Waals surface area contributed by atoms with E-state index in [1.54, 1.807) is 0 Å². The molecule has 0 aliphatic carbocycles. The smallest absolute Gasteiger partial charge is 0.329 e. The first kappa shape index (κ1) is 17.3. The molecule has 134 valence electrons. The molecule has 0 radical (unpaired) electrons. The highest BCUT2D eigenvalue weighted by atomic mass is 19.1. The highest BCUT2D eigenvalue weighted by Crippen LogP contribution is 2.22. The lowest BCUT2D eigenvalue weighted by atomic mass is 10.0. The normalized spacial score (nSPS) is 15.6. The number of aromatic nitrogens is 2. The van der Waals surface area contributed by atoms with Gasteiger partial charge in [-0.1, -0.05) is 6.07 Å². The molecule has 1 aromatic carbocycles. The number of nitrogens with zero attached hydrogens (tertiary/aromatic N) is 2. The molecule has 0 atom stereocenters. The van der Waals surface area contributed by atoms with Gasteiger partial charge in [-0.25, -0.2) is 13.6 Å². The zero-order valence-corrected chi connectivity index (χ0v) is 13.8. The Morgan fingerprint density at radius 1 is 1.24 bits per heavy atom. The lowest BCUT2D eigenvalue weighted by Gasteiger charge is -2.32. The van der Waals surface area contributed by atoms with Crippen LogP contribution in [-0.2, 0) is 13.5 Å². The summed E-state index contributed by atoms with van der Waals surface area (Å²) in [5.74, 6) is -1.10. The van der Waals surface area contributed by atoms with Gasteiger partial charge in [0.2, 0.25) is 0 Å². The van der Waals surface area contributed by atoms with Gasteiger partial charge in [-0.05, 0) is 24.5 Å². The molecule has 1 fully saturated rings. The van der Waals surface area contributed by atoms with Gasteiger partial charge >= 0.3 is 5.69 Å². The minimum Gasteiger partial charge on any atom is -0.393 e. The van der Waals surface area contributed by atoms with Crippen LogP contribution in [0.1, 0.15) is 24.0 Å². The number of rotatable bonds is 3. The Morgan fingerprint density at radius 3 is 2.56 bits per heavy atom. The van der Waals surface area contributed by atoms with E-state index in [-0.39, 0.29) is 17.5 Å². The molecule has 0 spiro atoms. The van der Waals surface area contributed by atoms with Crippen LogP contribution in [0.4, 0.5) is 14.6 Å². The molecule has 0 amide bonds. The van der Waals surface area contributed by atoms with Gasteiger partial charge in [0.05, 0.1) is 11.7 Å². The van der Waals surface area contributed by atoms with Crippen LogP contribution in [0.25, 0.3) is 0 Å². The monoisotopic (exact) mass is 351 g/mol. The number of aromatic amines is 1. The molecule has 8 heteroatoms. The number of halogens is 2. The second-order valence-electron chi connectivity index (χ2n) is 6.25. The van der Waals surface area contributed by atoms with Crippen LogP contribution in [0.2, 0.25) is 0 Å². The topological polar surface area (TPSA) is 78.3 Å². The molecule has 1 aromatic heterocycles. The van der Waals surface area contributed by atoms with Crippen molar-refractivity contribution >= 4 is 5.82 Å². The number of hydrogen-bond donors (Lipinski definition) is 2. The largest absolute Gasteiger partial charge is 0.393 e. The highest BCUT2D eigenvalue weighted by molar-refractivity contribution is 5.48. The highest BCUT2D eigenvalue weighted by Gasteiger charge is 2.23. The van der Waals surface area contributed by atoms with Crippen LogP contribution in [0.15, 0.2) is 27.8 Å². The fourth-order valence-corrected chi connectivity index (χ4v) is 3.03. The number of hydrogen-bond acceptors (Lipinski definition) is 4. The lowest BCUT2D eigenvalue weighted by Crippen LogP contribution is -2.42. The maximum absolute atomic E-state index is 14.0. The molecule has 0 bridgehead atoms.